The van der Waals surface area contributed by atoms with Crippen LogP contribution >= 0.6 is 11.6 Å². The topological polar surface area (TPSA) is 70.9 Å². The van der Waals surface area contributed by atoms with E-state index in [1.165, 1.54) is 6.21 Å². The van der Waals surface area contributed by atoms with Crippen molar-refractivity contribution in [3.05, 3.63) is 94.5 Å². The molecule has 1 aliphatic rings. The van der Waals surface area contributed by atoms with Gasteiger partial charge < -0.3 is 9.84 Å². The van der Waals surface area contributed by atoms with Crippen molar-refractivity contribution in [1.29, 1.82) is 0 Å². The Hall–Kier alpha value is -3.31. The lowest BCUT2D eigenvalue weighted by Gasteiger charge is -2.18. The fraction of sp³-hybridized carbons (Fsp3) is 0.200. The molecule has 1 atom stereocenters. The molecule has 5 nitrogen and oxygen atoms in total. The van der Waals surface area contributed by atoms with E-state index >= 15 is 0 Å². The second kappa shape index (κ2) is 8.82. The standard InChI is InChI=1S/C25H23ClN2O3/c1-2-31-22-14-17(13-21(26)23(22)29)16-27-28-24(30)20-15-25(20,18-9-5-3-6-10-18)19-11-7-4-8-12-19/h3-14,16,20,29H,2,15H2,1H3,(H,28,30)/b27-16-/t20-/m0/s1. The van der Waals surface area contributed by atoms with Gasteiger partial charge in [0.15, 0.2) is 11.5 Å². The summed E-state index contributed by atoms with van der Waals surface area (Å²) in [5, 5.41) is 14.2. The molecule has 1 amide bonds. The molecule has 0 radical (unpaired) electrons. The Kier molecular flexibility index (Phi) is 5.96. The highest BCUT2D eigenvalue weighted by molar-refractivity contribution is 6.32. The first-order chi connectivity index (χ1) is 15.1. The lowest BCUT2D eigenvalue weighted by atomic mass is 9.85. The number of halogens is 1. The average molecular weight is 435 g/mol. The molecule has 4 rings (SSSR count). The minimum absolute atomic E-state index is 0.113. The Balaban J connectivity index is 1.52. The third-order valence-electron chi connectivity index (χ3n) is 5.59. The number of ether oxygens (including phenoxy) is 1. The normalized spacial score (nSPS) is 16.8. The van der Waals surface area contributed by atoms with E-state index in [0.29, 0.717) is 12.2 Å². The number of benzene rings is 3. The number of hydrogen-bond acceptors (Lipinski definition) is 4. The van der Waals surface area contributed by atoms with Gasteiger partial charge in [-0.15, -0.1) is 0 Å². The zero-order valence-electron chi connectivity index (χ0n) is 17.1. The highest BCUT2D eigenvalue weighted by atomic mass is 35.5. The molecule has 1 fully saturated rings. The van der Waals surface area contributed by atoms with Gasteiger partial charge in [0, 0.05) is 5.41 Å². The summed E-state index contributed by atoms with van der Waals surface area (Å²) in [4.78, 5) is 12.9. The lowest BCUT2D eigenvalue weighted by Crippen LogP contribution is -2.25. The number of aromatic hydroxyl groups is 1. The van der Waals surface area contributed by atoms with Crippen LogP contribution in [0, 0.1) is 5.92 Å². The molecule has 158 valence electrons. The highest BCUT2D eigenvalue weighted by Gasteiger charge is 2.60. The van der Waals surface area contributed by atoms with Crippen molar-refractivity contribution in [2.75, 3.05) is 6.61 Å². The summed E-state index contributed by atoms with van der Waals surface area (Å²) in [6.45, 7) is 2.21. The van der Waals surface area contributed by atoms with E-state index in [-0.39, 0.29) is 33.8 Å². The number of hydrazone groups is 1. The van der Waals surface area contributed by atoms with Gasteiger partial charge in [0.25, 0.3) is 0 Å². The van der Waals surface area contributed by atoms with Gasteiger partial charge in [-0.25, -0.2) is 5.43 Å². The summed E-state index contributed by atoms with van der Waals surface area (Å²) < 4.78 is 5.38. The van der Waals surface area contributed by atoms with Crippen LogP contribution in [-0.4, -0.2) is 23.8 Å². The third kappa shape index (κ3) is 4.14. The number of nitrogens with zero attached hydrogens (tertiary/aromatic N) is 1. The van der Waals surface area contributed by atoms with E-state index in [0.717, 1.165) is 17.5 Å². The number of amides is 1. The maximum atomic E-state index is 12.9. The first-order valence-electron chi connectivity index (χ1n) is 10.2. The van der Waals surface area contributed by atoms with Crippen LogP contribution in [0.15, 0.2) is 77.9 Å². The smallest absolute Gasteiger partial charge is 0.244 e. The van der Waals surface area contributed by atoms with Gasteiger partial charge in [0.2, 0.25) is 5.91 Å². The highest BCUT2D eigenvalue weighted by Crippen LogP contribution is 2.58. The van der Waals surface area contributed by atoms with E-state index in [1.54, 1.807) is 12.1 Å². The molecule has 2 N–H and O–H groups in total. The zero-order valence-corrected chi connectivity index (χ0v) is 17.8. The molecular weight excluding hydrogens is 412 g/mol. The van der Waals surface area contributed by atoms with E-state index in [2.05, 4.69) is 34.8 Å². The molecule has 0 aromatic heterocycles. The van der Waals surface area contributed by atoms with Crippen LogP contribution in [0.1, 0.15) is 30.0 Å². The maximum absolute atomic E-state index is 12.9. The summed E-state index contributed by atoms with van der Waals surface area (Å²) in [7, 11) is 0. The Morgan fingerprint density at radius 3 is 2.35 bits per heavy atom. The predicted molar refractivity (Wildman–Crippen MR) is 122 cm³/mol. The van der Waals surface area contributed by atoms with E-state index < -0.39 is 0 Å². The lowest BCUT2D eigenvalue weighted by molar-refractivity contribution is -0.122. The second-order valence-electron chi connectivity index (χ2n) is 7.48. The summed E-state index contributed by atoms with van der Waals surface area (Å²) >= 11 is 6.05. The number of nitrogens with one attached hydrogen (secondary N) is 1. The van der Waals surface area contributed by atoms with Crippen LogP contribution in [0.2, 0.25) is 5.02 Å². The number of rotatable bonds is 7. The van der Waals surface area contributed by atoms with Crippen molar-refractivity contribution in [2.45, 2.75) is 18.8 Å². The van der Waals surface area contributed by atoms with Crippen molar-refractivity contribution in [1.82, 2.24) is 5.43 Å². The number of carbonyl (C=O) groups is 1. The molecule has 1 aliphatic carbocycles. The Labute approximate surface area is 186 Å². The van der Waals surface area contributed by atoms with Gasteiger partial charge in [-0.1, -0.05) is 72.3 Å². The van der Waals surface area contributed by atoms with Gasteiger partial charge in [-0.3, -0.25) is 4.79 Å². The van der Waals surface area contributed by atoms with Crippen LogP contribution in [0.5, 0.6) is 11.5 Å². The molecule has 0 saturated heterocycles. The zero-order chi connectivity index (χ0) is 21.8. The Morgan fingerprint density at radius 2 is 1.77 bits per heavy atom. The molecule has 1 saturated carbocycles. The SMILES string of the molecule is CCOc1cc(/C=N\NC(=O)[C@@H]2CC2(c2ccccc2)c2ccccc2)cc(Cl)c1O. The van der Waals surface area contributed by atoms with Crippen LogP contribution in [0.4, 0.5) is 0 Å². The largest absolute Gasteiger partial charge is 0.503 e. The summed E-state index contributed by atoms with van der Waals surface area (Å²) in [6, 6.07) is 23.4. The first-order valence-corrected chi connectivity index (χ1v) is 10.5. The van der Waals surface area contributed by atoms with Crippen molar-refractivity contribution in [3.63, 3.8) is 0 Å². The molecular formula is C25H23ClN2O3. The van der Waals surface area contributed by atoms with Crippen molar-refractivity contribution < 1.29 is 14.6 Å². The summed E-state index contributed by atoms with van der Waals surface area (Å²) in [6.07, 6.45) is 2.21. The minimum Gasteiger partial charge on any atom is -0.503 e. The summed E-state index contributed by atoms with van der Waals surface area (Å²) in [5.41, 5.74) is 5.17. The fourth-order valence-corrected chi connectivity index (χ4v) is 4.26. The first kappa shape index (κ1) is 20.9. The van der Waals surface area contributed by atoms with Crippen molar-refractivity contribution >= 4 is 23.7 Å². The van der Waals surface area contributed by atoms with Gasteiger partial charge in [0.05, 0.1) is 23.8 Å². The van der Waals surface area contributed by atoms with E-state index in [9.17, 15) is 9.90 Å². The minimum atomic E-state index is -0.341. The molecule has 6 heteroatoms. The molecule has 31 heavy (non-hydrogen) atoms. The maximum Gasteiger partial charge on any atom is 0.244 e. The van der Waals surface area contributed by atoms with Gasteiger partial charge in [-0.05, 0) is 42.2 Å². The molecule has 0 aliphatic heterocycles. The number of carbonyl (C=O) groups excluding carboxylic acids is 1. The molecule has 0 unspecified atom stereocenters. The fourth-order valence-electron chi connectivity index (χ4n) is 4.04. The van der Waals surface area contributed by atoms with Gasteiger partial charge >= 0.3 is 0 Å². The molecule has 0 bridgehead atoms. The van der Waals surface area contributed by atoms with E-state index in [1.807, 2.05) is 43.3 Å². The Morgan fingerprint density at radius 1 is 1.16 bits per heavy atom. The van der Waals surface area contributed by atoms with Crippen LogP contribution in [-0.2, 0) is 10.2 Å². The molecule has 0 spiro atoms. The van der Waals surface area contributed by atoms with Gasteiger partial charge in [0.1, 0.15) is 0 Å². The predicted octanol–water partition coefficient (Wildman–Crippen LogP) is 4.90. The monoisotopic (exact) mass is 434 g/mol. The quantitative estimate of drug-likeness (QED) is 0.410. The van der Waals surface area contributed by atoms with E-state index in [4.69, 9.17) is 16.3 Å². The van der Waals surface area contributed by atoms with Crippen LogP contribution < -0.4 is 10.2 Å². The Bertz CT molecular complexity index is 1060. The second-order valence-corrected chi connectivity index (χ2v) is 7.88. The van der Waals surface area contributed by atoms with Gasteiger partial charge in [-0.2, -0.15) is 5.10 Å². The third-order valence-corrected chi connectivity index (χ3v) is 5.88. The molecule has 3 aromatic rings. The average Bonchev–Trinajstić information content (AvgIpc) is 3.56. The van der Waals surface area contributed by atoms with Crippen molar-refractivity contribution in [3.8, 4) is 11.5 Å². The number of hydrogen-bond donors (Lipinski definition) is 2. The van der Waals surface area contributed by atoms with Crippen LogP contribution in [0.25, 0.3) is 0 Å². The number of phenolic OH excluding ortho intramolecular Hbond substituents is 1. The van der Waals surface area contributed by atoms with Crippen LogP contribution in [0.3, 0.4) is 0 Å². The molecule has 3 aromatic carbocycles. The van der Waals surface area contributed by atoms with Crippen molar-refractivity contribution in [2.24, 2.45) is 11.0 Å². The number of phenols is 1. The summed E-state index contributed by atoms with van der Waals surface area (Å²) in [5.74, 6) is -0.189. The molecule has 0 heterocycles.